The van der Waals surface area contributed by atoms with Crippen LogP contribution in [0.1, 0.15) is 48.0 Å². The first-order valence-corrected chi connectivity index (χ1v) is 6.85. The molecule has 3 rings (SSSR count). The number of nitrogens with zero attached hydrogens (tertiary/aromatic N) is 2. The van der Waals surface area contributed by atoms with E-state index in [9.17, 15) is 0 Å². The average Bonchev–Trinajstić information content (AvgIpc) is 3.01. The molecule has 1 aromatic carbocycles. The van der Waals surface area contributed by atoms with Crippen LogP contribution in [-0.2, 0) is 6.42 Å². The van der Waals surface area contributed by atoms with Crippen LogP contribution in [0, 0.1) is 6.92 Å². The molecule has 2 unspecified atom stereocenters. The van der Waals surface area contributed by atoms with E-state index in [0.717, 1.165) is 37.4 Å². The largest absolute Gasteiger partial charge is 0.339 e. The molecule has 0 bridgehead atoms. The Hall–Kier alpha value is -1.68. The molecule has 1 fully saturated rings. The first-order chi connectivity index (χ1) is 9.22. The molecule has 100 valence electrons. The van der Waals surface area contributed by atoms with Gasteiger partial charge in [0.05, 0.1) is 0 Å². The third-order valence-electron chi connectivity index (χ3n) is 3.92. The van der Waals surface area contributed by atoms with E-state index >= 15 is 0 Å². The summed E-state index contributed by atoms with van der Waals surface area (Å²) in [5.74, 6) is 1.88. The third-order valence-corrected chi connectivity index (χ3v) is 3.92. The van der Waals surface area contributed by atoms with Gasteiger partial charge >= 0.3 is 0 Å². The van der Waals surface area contributed by atoms with E-state index < -0.39 is 0 Å². The molecule has 0 spiro atoms. The summed E-state index contributed by atoms with van der Waals surface area (Å²) in [7, 11) is 0. The molecule has 0 aliphatic heterocycles. The Kier molecular flexibility index (Phi) is 3.34. The van der Waals surface area contributed by atoms with Crippen molar-refractivity contribution in [1.82, 2.24) is 10.1 Å². The standard InChI is InChI=1S/C15H19N3O/c1-10-4-2-3-5-11(10)9-14-17-15(19-18-14)12-6-7-13(16)8-12/h2-5,12-13H,6-9,16H2,1H3. The predicted molar refractivity (Wildman–Crippen MR) is 72.9 cm³/mol. The number of nitrogens with two attached hydrogens (primary N) is 1. The molecule has 1 aliphatic rings. The van der Waals surface area contributed by atoms with Crippen LogP contribution in [0.15, 0.2) is 28.8 Å². The zero-order valence-electron chi connectivity index (χ0n) is 11.2. The summed E-state index contributed by atoms with van der Waals surface area (Å²) in [4.78, 5) is 4.53. The number of aryl methyl sites for hydroxylation is 1. The van der Waals surface area contributed by atoms with Crippen LogP contribution in [0.4, 0.5) is 0 Å². The quantitative estimate of drug-likeness (QED) is 0.917. The molecule has 1 heterocycles. The highest BCUT2D eigenvalue weighted by Crippen LogP contribution is 2.32. The van der Waals surface area contributed by atoms with Gasteiger partial charge in [0, 0.05) is 18.4 Å². The van der Waals surface area contributed by atoms with Crippen LogP contribution >= 0.6 is 0 Å². The molecule has 2 atom stereocenters. The molecule has 1 aliphatic carbocycles. The number of benzene rings is 1. The van der Waals surface area contributed by atoms with Crippen molar-refractivity contribution in [3.63, 3.8) is 0 Å². The van der Waals surface area contributed by atoms with Crippen molar-refractivity contribution >= 4 is 0 Å². The second-order valence-electron chi connectivity index (χ2n) is 5.42. The van der Waals surface area contributed by atoms with E-state index in [2.05, 4.69) is 29.2 Å². The minimum atomic E-state index is 0.289. The summed E-state index contributed by atoms with van der Waals surface area (Å²) in [6, 6.07) is 8.58. The molecule has 0 saturated heterocycles. The summed E-state index contributed by atoms with van der Waals surface area (Å²) in [6.07, 6.45) is 3.81. The molecule has 0 radical (unpaired) electrons. The summed E-state index contributed by atoms with van der Waals surface area (Å²) < 4.78 is 5.39. The number of hydrogen-bond acceptors (Lipinski definition) is 4. The molecular formula is C15H19N3O. The monoisotopic (exact) mass is 257 g/mol. The smallest absolute Gasteiger partial charge is 0.229 e. The van der Waals surface area contributed by atoms with Crippen LogP contribution in [0.5, 0.6) is 0 Å². The van der Waals surface area contributed by atoms with Crippen molar-refractivity contribution in [2.45, 2.75) is 44.6 Å². The fourth-order valence-corrected chi connectivity index (χ4v) is 2.72. The summed E-state index contributed by atoms with van der Waals surface area (Å²) >= 11 is 0. The highest BCUT2D eigenvalue weighted by Gasteiger charge is 2.27. The van der Waals surface area contributed by atoms with Gasteiger partial charge in [-0.25, -0.2) is 0 Å². The van der Waals surface area contributed by atoms with Crippen molar-refractivity contribution in [3.05, 3.63) is 47.1 Å². The zero-order chi connectivity index (χ0) is 13.2. The van der Waals surface area contributed by atoms with Gasteiger partial charge in [-0.1, -0.05) is 29.4 Å². The van der Waals surface area contributed by atoms with Gasteiger partial charge in [-0.15, -0.1) is 0 Å². The summed E-state index contributed by atoms with van der Waals surface area (Å²) in [5, 5.41) is 4.10. The minimum absolute atomic E-state index is 0.289. The van der Waals surface area contributed by atoms with Crippen molar-refractivity contribution in [2.24, 2.45) is 5.73 Å². The minimum Gasteiger partial charge on any atom is -0.339 e. The highest BCUT2D eigenvalue weighted by molar-refractivity contribution is 5.28. The van der Waals surface area contributed by atoms with Crippen molar-refractivity contribution in [1.29, 1.82) is 0 Å². The number of rotatable bonds is 3. The second-order valence-corrected chi connectivity index (χ2v) is 5.42. The topological polar surface area (TPSA) is 64.9 Å². The lowest BCUT2D eigenvalue weighted by molar-refractivity contribution is 0.350. The van der Waals surface area contributed by atoms with Crippen LogP contribution in [-0.4, -0.2) is 16.2 Å². The molecule has 0 amide bonds. The Morgan fingerprint density at radius 2 is 2.16 bits per heavy atom. The lowest BCUT2D eigenvalue weighted by Gasteiger charge is -2.02. The van der Waals surface area contributed by atoms with Crippen molar-refractivity contribution in [3.8, 4) is 0 Å². The summed E-state index contributed by atoms with van der Waals surface area (Å²) in [5.41, 5.74) is 8.43. The Morgan fingerprint density at radius 1 is 1.32 bits per heavy atom. The predicted octanol–water partition coefficient (Wildman–Crippen LogP) is 2.56. The number of hydrogen-bond donors (Lipinski definition) is 1. The molecular weight excluding hydrogens is 238 g/mol. The van der Waals surface area contributed by atoms with E-state index in [1.165, 1.54) is 11.1 Å². The van der Waals surface area contributed by atoms with Gasteiger partial charge < -0.3 is 10.3 Å². The number of aromatic nitrogens is 2. The molecule has 1 saturated carbocycles. The first kappa shape index (κ1) is 12.4. The van der Waals surface area contributed by atoms with E-state index in [0.29, 0.717) is 5.92 Å². The van der Waals surface area contributed by atoms with Gasteiger partial charge in [0.2, 0.25) is 5.89 Å². The maximum absolute atomic E-state index is 5.92. The molecule has 4 heteroatoms. The molecule has 4 nitrogen and oxygen atoms in total. The Morgan fingerprint density at radius 3 is 2.89 bits per heavy atom. The van der Waals surface area contributed by atoms with Gasteiger partial charge in [-0.05, 0) is 37.3 Å². The van der Waals surface area contributed by atoms with E-state index in [1.54, 1.807) is 0 Å². The third kappa shape index (κ3) is 2.68. The summed E-state index contributed by atoms with van der Waals surface area (Å²) in [6.45, 7) is 2.10. The van der Waals surface area contributed by atoms with Crippen LogP contribution < -0.4 is 5.73 Å². The van der Waals surface area contributed by atoms with Gasteiger partial charge in [0.15, 0.2) is 5.82 Å². The van der Waals surface area contributed by atoms with Crippen molar-refractivity contribution in [2.75, 3.05) is 0 Å². The van der Waals surface area contributed by atoms with Crippen molar-refractivity contribution < 1.29 is 4.52 Å². The van der Waals surface area contributed by atoms with Crippen LogP contribution in [0.25, 0.3) is 0 Å². The molecule has 19 heavy (non-hydrogen) atoms. The van der Waals surface area contributed by atoms with Crippen LogP contribution in [0.2, 0.25) is 0 Å². The Labute approximate surface area is 113 Å². The lowest BCUT2D eigenvalue weighted by atomic mass is 10.1. The highest BCUT2D eigenvalue weighted by atomic mass is 16.5. The lowest BCUT2D eigenvalue weighted by Crippen LogP contribution is -2.14. The Balaban J connectivity index is 1.73. The van der Waals surface area contributed by atoms with E-state index in [4.69, 9.17) is 10.3 Å². The first-order valence-electron chi connectivity index (χ1n) is 6.85. The van der Waals surface area contributed by atoms with E-state index in [-0.39, 0.29) is 6.04 Å². The fraction of sp³-hybridized carbons (Fsp3) is 0.467. The fourth-order valence-electron chi connectivity index (χ4n) is 2.72. The second kappa shape index (κ2) is 5.13. The maximum atomic E-state index is 5.92. The average molecular weight is 257 g/mol. The zero-order valence-corrected chi connectivity index (χ0v) is 11.2. The Bertz CT molecular complexity index is 564. The van der Waals surface area contributed by atoms with Gasteiger partial charge in [0.25, 0.3) is 0 Å². The molecule has 2 N–H and O–H groups in total. The SMILES string of the molecule is Cc1ccccc1Cc1noc(C2CCC(N)C2)n1. The molecule has 1 aromatic heterocycles. The van der Waals surface area contributed by atoms with Crippen LogP contribution in [0.3, 0.4) is 0 Å². The van der Waals surface area contributed by atoms with Gasteiger partial charge in [0.1, 0.15) is 0 Å². The van der Waals surface area contributed by atoms with Gasteiger partial charge in [-0.2, -0.15) is 4.98 Å². The van der Waals surface area contributed by atoms with E-state index in [1.807, 2.05) is 12.1 Å². The van der Waals surface area contributed by atoms with Gasteiger partial charge in [-0.3, -0.25) is 0 Å². The molecule has 2 aromatic rings. The maximum Gasteiger partial charge on any atom is 0.229 e. The normalized spacial score (nSPS) is 22.8.